The number of benzene rings is 2. The summed E-state index contributed by atoms with van der Waals surface area (Å²) in [6, 6.07) is 14.2. The Labute approximate surface area is 153 Å². The lowest BCUT2D eigenvalue weighted by atomic mass is 10.1. The van der Waals surface area contributed by atoms with E-state index in [-0.39, 0.29) is 17.9 Å². The van der Waals surface area contributed by atoms with Gasteiger partial charge in [-0.05, 0) is 43.3 Å². The summed E-state index contributed by atoms with van der Waals surface area (Å²) in [5.41, 5.74) is 2.41. The smallest absolute Gasteiger partial charge is 0.282 e. The summed E-state index contributed by atoms with van der Waals surface area (Å²) >= 11 is 5.85. The van der Waals surface area contributed by atoms with Gasteiger partial charge < -0.3 is 15.5 Å². The third-order valence-electron chi connectivity index (χ3n) is 4.17. The van der Waals surface area contributed by atoms with Crippen LogP contribution in [0.5, 0.6) is 0 Å². The van der Waals surface area contributed by atoms with E-state index in [0.29, 0.717) is 17.1 Å². The van der Waals surface area contributed by atoms with Crippen LogP contribution in [0, 0.1) is 0 Å². The summed E-state index contributed by atoms with van der Waals surface area (Å²) in [6.45, 7) is 2.57. The lowest BCUT2D eigenvalue weighted by Gasteiger charge is -2.21. The molecule has 0 fully saturated rings. The van der Waals surface area contributed by atoms with Gasteiger partial charge in [0.15, 0.2) is 6.04 Å². The van der Waals surface area contributed by atoms with Gasteiger partial charge >= 0.3 is 0 Å². The fraction of sp³-hybridized carbons (Fsp3) is 0.263. The largest absolute Gasteiger partial charge is 0.355 e. The summed E-state index contributed by atoms with van der Waals surface area (Å²) < 4.78 is 0. The van der Waals surface area contributed by atoms with Crippen LogP contribution in [0.2, 0.25) is 5.02 Å². The summed E-state index contributed by atoms with van der Waals surface area (Å²) in [5, 5.41) is 6.13. The fourth-order valence-corrected chi connectivity index (χ4v) is 2.53. The van der Waals surface area contributed by atoms with Gasteiger partial charge in [0.1, 0.15) is 6.54 Å². The van der Waals surface area contributed by atoms with Gasteiger partial charge in [-0.15, -0.1) is 0 Å². The number of hydrogen-bond acceptors (Lipinski definition) is 2. The molecular weight excluding hydrogens is 338 g/mol. The zero-order valence-corrected chi connectivity index (χ0v) is 15.4. The third kappa shape index (κ3) is 5.31. The van der Waals surface area contributed by atoms with Crippen molar-refractivity contribution in [2.75, 3.05) is 19.4 Å². The van der Waals surface area contributed by atoms with Crippen LogP contribution in [0.15, 0.2) is 48.5 Å². The second-order valence-electron chi connectivity index (χ2n) is 6.02. The molecule has 2 aromatic rings. The molecule has 132 valence electrons. The van der Waals surface area contributed by atoms with Crippen LogP contribution in [0.4, 0.5) is 5.69 Å². The van der Waals surface area contributed by atoms with E-state index in [9.17, 15) is 9.59 Å². The number of halogens is 1. The molecule has 0 saturated carbocycles. The van der Waals surface area contributed by atoms with Crippen LogP contribution in [-0.4, -0.2) is 32.0 Å². The lowest BCUT2D eigenvalue weighted by Crippen LogP contribution is -3.12. The van der Waals surface area contributed by atoms with Crippen molar-refractivity contribution in [3.05, 3.63) is 64.7 Å². The van der Waals surface area contributed by atoms with Gasteiger partial charge in [0.05, 0.1) is 7.05 Å². The van der Waals surface area contributed by atoms with Crippen molar-refractivity contribution in [2.24, 2.45) is 0 Å². The second kappa shape index (κ2) is 8.65. The molecule has 2 atom stereocenters. The van der Waals surface area contributed by atoms with Crippen LogP contribution in [0.25, 0.3) is 0 Å². The molecule has 0 aromatic heterocycles. The van der Waals surface area contributed by atoms with Gasteiger partial charge in [-0.1, -0.05) is 23.7 Å². The van der Waals surface area contributed by atoms with Crippen LogP contribution in [-0.2, 0) is 11.3 Å². The standard InChI is InChI=1S/C19H22ClN3O2/c1-13(18(24)22-17-10-8-16(20)9-11-17)23(3)12-14-4-6-15(7-5-14)19(25)21-2/h4-11,13H,12H2,1-3H3,(H,21,25)(H,22,24)/p+1/t13-/m0/s1. The van der Waals surface area contributed by atoms with Crippen LogP contribution in [0.3, 0.4) is 0 Å². The van der Waals surface area contributed by atoms with Gasteiger partial charge in [-0.2, -0.15) is 0 Å². The maximum absolute atomic E-state index is 12.4. The first-order chi connectivity index (χ1) is 11.9. The number of likely N-dealkylation sites (N-methyl/N-ethyl adjacent to an activating group) is 1. The highest BCUT2D eigenvalue weighted by Gasteiger charge is 2.22. The predicted octanol–water partition coefficient (Wildman–Crippen LogP) is 1.74. The molecule has 2 aromatic carbocycles. The second-order valence-corrected chi connectivity index (χ2v) is 6.45. The lowest BCUT2D eigenvalue weighted by molar-refractivity contribution is -0.907. The van der Waals surface area contributed by atoms with Crippen LogP contribution >= 0.6 is 11.6 Å². The van der Waals surface area contributed by atoms with Crippen molar-refractivity contribution in [3.63, 3.8) is 0 Å². The van der Waals surface area contributed by atoms with Gasteiger partial charge in [0.2, 0.25) is 0 Å². The van der Waals surface area contributed by atoms with Gasteiger partial charge in [-0.25, -0.2) is 0 Å². The normalized spacial score (nSPS) is 13.0. The van der Waals surface area contributed by atoms with Crippen molar-refractivity contribution in [2.45, 2.75) is 19.5 Å². The highest BCUT2D eigenvalue weighted by Crippen LogP contribution is 2.13. The monoisotopic (exact) mass is 360 g/mol. The Bertz CT molecular complexity index is 729. The highest BCUT2D eigenvalue weighted by atomic mass is 35.5. The number of carbonyl (C=O) groups excluding carboxylic acids is 2. The molecule has 5 nitrogen and oxygen atoms in total. The average molecular weight is 361 g/mol. The van der Waals surface area contributed by atoms with E-state index in [4.69, 9.17) is 11.6 Å². The first-order valence-electron chi connectivity index (χ1n) is 8.10. The zero-order valence-electron chi connectivity index (χ0n) is 14.6. The molecule has 2 amide bonds. The molecule has 0 aliphatic carbocycles. The molecule has 0 spiro atoms. The Balaban J connectivity index is 1.94. The van der Waals surface area contributed by atoms with Gasteiger partial charge in [0.25, 0.3) is 11.8 Å². The van der Waals surface area contributed by atoms with E-state index >= 15 is 0 Å². The van der Waals surface area contributed by atoms with Gasteiger partial charge in [0, 0.05) is 28.9 Å². The topological polar surface area (TPSA) is 62.6 Å². The SMILES string of the molecule is CNC(=O)c1ccc(C[NH+](C)[C@@H](C)C(=O)Nc2ccc(Cl)cc2)cc1. The Morgan fingerprint density at radius 2 is 1.68 bits per heavy atom. The molecular formula is C19H23ClN3O2+. The van der Waals surface area contributed by atoms with E-state index in [1.165, 1.54) is 0 Å². The van der Waals surface area contributed by atoms with Crippen molar-refractivity contribution in [1.29, 1.82) is 0 Å². The molecule has 0 aliphatic rings. The molecule has 0 radical (unpaired) electrons. The maximum atomic E-state index is 12.4. The van der Waals surface area contributed by atoms with E-state index in [1.54, 1.807) is 43.4 Å². The third-order valence-corrected chi connectivity index (χ3v) is 4.42. The zero-order chi connectivity index (χ0) is 18.4. The Morgan fingerprint density at radius 1 is 1.08 bits per heavy atom. The summed E-state index contributed by atoms with van der Waals surface area (Å²) in [4.78, 5) is 25.0. The average Bonchev–Trinajstić information content (AvgIpc) is 2.62. The minimum Gasteiger partial charge on any atom is -0.355 e. The minimum absolute atomic E-state index is 0.0539. The minimum atomic E-state index is -0.228. The Morgan fingerprint density at radius 3 is 2.24 bits per heavy atom. The first-order valence-corrected chi connectivity index (χ1v) is 8.48. The molecule has 1 unspecified atom stereocenters. The van der Waals surface area contributed by atoms with Gasteiger partial charge in [-0.3, -0.25) is 9.59 Å². The summed E-state index contributed by atoms with van der Waals surface area (Å²) in [5.74, 6) is -0.162. The molecule has 6 heteroatoms. The predicted molar refractivity (Wildman–Crippen MR) is 100.0 cm³/mol. The summed E-state index contributed by atoms with van der Waals surface area (Å²) in [7, 11) is 3.58. The van der Waals surface area contributed by atoms with Crippen molar-refractivity contribution in [3.8, 4) is 0 Å². The highest BCUT2D eigenvalue weighted by molar-refractivity contribution is 6.30. The number of anilines is 1. The van der Waals surface area contributed by atoms with Crippen molar-refractivity contribution in [1.82, 2.24) is 5.32 Å². The van der Waals surface area contributed by atoms with Crippen LogP contribution in [0.1, 0.15) is 22.8 Å². The molecule has 0 bridgehead atoms. The van der Waals surface area contributed by atoms with E-state index < -0.39 is 0 Å². The molecule has 0 aliphatic heterocycles. The first kappa shape index (κ1) is 19.0. The molecule has 25 heavy (non-hydrogen) atoms. The number of hydrogen-bond donors (Lipinski definition) is 3. The van der Waals surface area contributed by atoms with E-state index in [2.05, 4.69) is 10.6 Å². The fourth-order valence-electron chi connectivity index (χ4n) is 2.40. The Kier molecular flexibility index (Phi) is 6.56. The quantitative estimate of drug-likeness (QED) is 0.734. The number of carbonyl (C=O) groups is 2. The number of amides is 2. The molecule has 3 N–H and O–H groups in total. The number of rotatable bonds is 6. The molecule has 2 rings (SSSR count). The van der Waals surface area contributed by atoms with Crippen molar-refractivity contribution < 1.29 is 14.5 Å². The van der Waals surface area contributed by atoms with E-state index in [1.807, 2.05) is 26.1 Å². The molecule has 0 heterocycles. The van der Waals surface area contributed by atoms with E-state index in [0.717, 1.165) is 16.2 Å². The van der Waals surface area contributed by atoms with Crippen molar-refractivity contribution >= 4 is 29.1 Å². The summed E-state index contributed by atoms with van der Waals surface area (Å²) in [6.07, 6.45) is 0. The number of quaternary nitrogens is 1. The maximum Gasteiger partial charge on any atom is 0.282 e. The van der Waals surface area contributed by atoms with Crippen LogP contribution < -0.4 is 15.5 Å². The number of nitrogens with one attached hydrogen (secondary N) is 3. The Hall–Kier alpha value is -2.37. The molecule has 0 saturated heterocycles.